The van der Waals surface area contributed by atoms with Gasteiger partial charge in [-0.3, -0.25) is 0 Å². The van der Waals surface area contributed by atoms with Crippen LogP contribution in [0.5, 0.6) is 17.2 Å². The molecule has 0 amide bonds. The number of hydrogen-bond acceptors (Lipinski definition) is 6. The molecule has 0 aromatic heterocycles. The lowest BCUT2D eigenvalue weighted by molar-refractivity contribution is -0.161. The largest absolute Gasteiger partial charge is 0.493 e. The number of benzene rings is 2. The Morgan fingerprint density at radius 1 is 1.03 bits per heavy atom. The number of methoxy groups -OCH3 is 2. The Bertz CT molecular complexity index is 995. The van der Waals surface area contributed by atoms with Crippen LogP contribution in [0.2, 0.25) is 0 Å². The Balaban J connectivity index is 1.51. The Kier molecular flexibility index (Phi) is 5.07. The number of piperidine rings is 1. The zero-order valence-electron chi connectivity index (χ0n) is 18.7. The molecule has 0 bridgehead atoms. The summed E-state index contributed by atoms with van der Waals surface area (Å²) in [5.74, 6) is 2.45. The summed E-state index contributed by atoms with van der Waals surface area (Å²) >= 11 is 0. The summed E-state index contributed by atoms with van der Waals surface area (Å²) in [5, 5.41) is 2.33. The van der Waals surface area contributed by atoms with E-state index in [2.05, 4.69) is 65.6 Å². The molecule has 6 heteroatoms. The average molecular weight is 422 g/mol. The average Bonchev–Trinajstić information content (AvgIpc) is 3.26. The molecule has 0 saturated carbocycles. The highest BCUT2D eigenvalue weighted by Gasteiger charge is 2.51. The van der Waals surface area contributed by atoms with Crippen molar-refractivity contribution in [3.05, 3.63) is 59.7 Å². The van der Waals surface area contributed by atoms with Gasteiger partial charge in [0.1, 0.15) is 5.75 Å². The lowest BCUT2D eigenvalue weighted by Gasteiger charge is -2.52. The summed E-state index contributed by atoms with van der Waals surface area (Å²) in [6, 6.07) is 15.1. The van der Waals surface area contributed by atoms with Crippen molar-refractivity contribution in [1.29, 1.82) is 0 Å². The monoisotopic (exact) mass is 421 g/mol. The first-order valence-corrected chi connectivity index (χ1v) is 11.1. The van der Waals surface area contributed by atoms with Crippen LogP contribution in [0.3, 0.4) is 0 Å². The van der Waals surface area contributed by atoms with Gasteiger partial charge in [-0.25, -0.2) is 0 Å². The summed E-state index contributed by atoms with van der Waals surface area (Å²) in [6.45, 7) is 6.58. The standard InChI is InChI=1S/C25H31N3O3/c1-17(2)27-13-11-25(12-14-27)28-21(19-7-5-6-8-22(19)31-25)16-20(26-28)18-9-10-23(29-3)24(15-18)30-4/h5-10,15-17,21,26H,11-14H2,1-4H3/t21-/m1/s1. The molecule has 1 spiro atoms. The van der Waals surface area contributed by atoms with Crippen LogP contribution in [-0.2, 0) is 0 Å². The number of nitrogens with one attached hydrogen (secondary N) is 1. The summed E-state index contributed by atoms with van der Waals surface area (Å²) < 4.78 is 17.7. The van der Waals surface area contributed by atoms with Crippen molar-refractivity contribution in [2.24, 2.45) is 0 Å². The van der Waals surface area contributed by atoms with Gasteiger partial charge in [0, 0.05) is 43.1 Å². The minimum atomic E-state index is -0.362. The van der Waals surface area contributed by atoms with Crippen molar-refractivity contribution in [1.82, 2.24) is 15.3 Å². The number of hydrazine groups is 1. The first kappa shape index (κ1) is 20.2. The fourth-order valence-electron chi connectivity index (χ4n) is 5.02. The third-order valence-electron chi connectivity index (χ3n) is 6.82. The van der Waals surface area contributed by atoms with Gasteiger partial charge in [0.25, 0.3) is 0 Å². The van der Waals surface area contributed by atoms with Crippen LogP contribution in [0.25, 0.3) is 5.70 Å². The van der Waals surface area contributed by atoms with E-state index in [-0.39, 0.29) is 11.8 Å². The summed E-state index contributed by atoms with van der Waals surface area (Å²) in [4.78, 5) is 2.53. The molecular formula is C25H31N3O3. The molecule has 31 heavy (non-hydrogen) atoms. The molecular weight excluding hydrogens is 390 g/mol. The number of likely N-dealkylation sites (tertiary alicyclic amines) is 1. The van der Waals surface area contributed by atoms with E-state index in [1.165, 1.54) is 5.56 Å². The van der Waals surface area contributed by atoms with Crippen LogP contribution in [0.1, 0.15) is 43.9 Å². The molecule has 1 fully saturated rings. The van der Waals surface area contributed by atoms with Gasteiger partial charge in [-0.05, 0) is 44.2 Å². The number of ether oxygens (including phenoxy) is 3. The zero-order chi connectivity index (χ0) is 21.6. The summed E-state index contributed by atoms with van der Waals surface area (Å²) in [5.41, 5.74) is 6.67. The molecule has 1 saturated heterocycles. The second-order valence-corrected chi connectivity index (χ2v) is 8.79. The minimum Gasteiger partial charge on any atom is -0.493 e. The van der Waals surface area contributed by atoms with Crippen LogP contribution in [0.15, 0.2) is 48.5 Å². The Hall–Kier alpha value is -2.70. The number of para-hydroxylation sites is 1. The predicted octanol–water partition coefficient (Wildman–Crippen LogP) is 4.20. The number of rotatable bonds is 4. The van der Waals surface area contributed by atoms with Gasteiger partial charge in [0.15, 0.2) is 17.2 Å². The topological polar surface area (TPSA) is 46.2 Å². The van der Waals surface area contributed by atoms with E-state index in [4.69, 9.17) is 14.2 Å². The normalized spacial score (nSPS) is 22.4. The lowest BCUT2D eigenvalue weighted by atomic mass is 9.92. The van der Waals surface area contributed by atoms with Crippen molar-refractivity contribution >= 4 is 5.70 Å². The predicted molar refractivity (Wildman–Crippen MR) is 121 cm³/mol. The van der Waals surface area contributed by atoms with E-state index in [0.717, 1.165) is 54.4 Å². The smallest absolute Gasteiger partial charge is 0.182 e. The molecule has 5 rings (SSSR count). The van der Waals surface area contributed by atoms with E-state index >= 15 is 0 Å². The second-order valence-electron chi connectivity index (χ2n) is 8.79. The maximum absolute atomic E-state index is 6.73. The van der Waals surface area contributed by atoms with E-state index in [1.807, 2.05) is 12.1 Å². The van der Waals surface area contributed by atoms with Crippen molar-refractivity contribution in [2.75, 3.05) is 27.3 Å². The van der Waals surface area contributed by atoms with Crippen LogP contribution in [0.4, 0.5) is 0 Å². The molecule has 0 unspecified atom stereocenters. The van der Waals surface area contributed by atoms with Gasteiger partial charge in [0.2, 0.25) is 0 Å². The number of fused-ring (bicyclic) bond motifs is 4. The van der Waals surface area contributed by atoms with Crippen molar-refractivity contribution in [2.45, 2.75) is 44.5 Å². The van der Waals surface area contributed by atoms with E-state index in [1.54, 1.807) is 14.2 Å². The van der Waals surface area contributed by atoms with Gasteiger partial charge >= 0.3 is 0 Å². The summed E-state index contributed by atoms with van der Waals surface area (Å²) in [7, 11) is 3.33. The fourth-order valence-corrected chi connectivity index (χ4v) is 5.02. The highest BCUT2D eigenvalue weighted by molar-refractivity contribution is 5.70. The van der Waals surface area contributed by atoms with Gasteiger partial charge in [-0.1, -0.05) is 18.2 Å². The third kappa shape index (κ3) is 3.34. The number of hydrogen-bond donors (Lipinski definition) is 1. The van der Waals surface area contributed by atoms with Crippen molar-refractivity contribution in [3.63, 3.8) is 0 Å². The molecule has 3 aliphatic heterocycles. The van der Waals surface area contributed by atoms with E-state index in [9.17, 15) is 0 Å². The van der Waals surface area contributed by atoms with Crippen LogP contribution >= 0.6 is 0 Å². The lowest BCUT2D eigenvalue weighted by Crippen LogP contribution is -2.64. The van der Waals surface area contributed by atoms with Crippen LogP contribution in [0, 0.1) is 0 Å². The molecule has 0 aliphatic carbocycles. The second kappa shape index (κ2) is 7.77. The van der Waals surface area contributed by atoms with Gasteiger partial charge in [-0.2, -0.15) is 5.01 Å². The van der Waals surface area contributed by atoms with Gasteiger partial charge in [-0.15, -0.1) is 0 Å². The number of nitrogens with zero attached hydrogens (tertiary/aromatic N) is 2. The van der Waals surface area contributed by atoms with Crippen molar-refractivity contribution < 1.29 is 14.2 Å². The third-order valence-corrected chi connectivity index (χ3v) is 6.82. The fraction of sp³-hybridized carbons (Fsp3) is 0.440. The van der Waals surface area contributed by atoms with Gasteiger partial charge < -0.3 is 24.5 Å². The molecule has 3 heterocycles. The molecule has 2 aromatic rings. The molecule has 3 aliphatic rings. The molecule has 1 atom stereocenters. The molecule has 1 N–H and O–H groups in total. The first-order valence-electron chi connectivity index (χ1n) is 11.1. The highest BCUT2D eigenvalue weighted by atomic mass is 16.5. The Labute approximate surface area is 184 Å². The highest BCUT2D eigenvalue weighted by Crippen LogP contribution is 2.48. The molecule has 0 radical (unpaired) electrons. The van der Waals surface area contributed by atoms with E-state index < -0.39 is 0 Å². The maximum atomic E-state index is 6.73. The Morgan fingerprint density at radius 3 is 2.48 bits per heavy atom. The quantitative estimate of drug-likeness (QED) is 0.798. The van der Waals surface area contributed by atoms with E-state index in [0.29, 0.717) is 6.04 Å². The minimum absolute atomic E-state index is 0.124. The maximum Gasteiger partial charge on any atom is 0.182 e. The van der Waals surface area contributed by atoms with Crippen LogP contribution in [-0.4, -0.2) is 49.0 Å². The summed E-state index contributed by atoms with van der Waals surface area (Å²) in [6.07, 6.45) is 4.21. The SMILES string of the molecule is COc1ccc(C2=C[C@@H]3c4ccccc4OC4(CCN(C(C)C)CC4)N3N2)cc1OC. The Morgan fingerprint density at radius 2 is 1.77 bits per heavy atom. The first-order chi connectivity index (χ1) is 15.0. The van der Waals surface area contributed by atoms with Crippen LogP contribution < -0.4 is 19.6 Å². The zero-order valence-corrected chi connectivity index (χ0v) is 18.7. The molecule has 6 nitrogen and oxygen atoms in total. The van der Waals surface area contributed by atoms with Crippen molar-refractivity contribution in [3.8, 4) is 17.2 Å². The molecule has 2 aromatic carbocycles. The molecule has 164 valence electrons. The van der Waals surface area contributed by atoms with Gasteiger partial charge in [0.05, 0.1) is 26.0 Å².